The van der Waals surface area contributed by atoms with Crippen LogP contribution in [0.4, 0.5) is 0 Å². The Morgan fingerprint density at radius 2 is 1.19 bits per heavy atom. The lowest BCUT2D eigenvalue weighted by Crippen LogP contribution is -2.68. The number of hydrogen-bond donors (Lipinski definition) is 11. The topological polar surface area (TPSA) is 312 Å². The first-order valence-electron chi connectivity index (χ1n) is 24.0. The fraction of sp³-hybridized carbons (Fsp3) is 0.875. The molecule has 3 heterocycles. The number of aliphatic hydroxyl groups is 9. The summed E-state index contributed by atoms with van der Waals surface area (Å²) >= 11 is 0. The highest BCUT2D eigenvalue weighted by molar-refractivity contribution is 5.74. The highest BCUT2D eigenvalue weighted by Crippen LogP contribution is 2.74. The average molecular weight is 955 g/mol. The second-order valence-electron chi connectivity index (χ2n) is 23.2. The number of aliphatic carboxylic acids is 2. The Labute approximate surface area is 390 Å². The van der Waals surface area contributed by atoms with Gasteiger partial charge in [-0.2, -0.15) is 0 Å². The third kappa shape index (κ3) is 7.89. The van der Waals surface area contributed by atoms with E-state index >= 15 is 0 Å². The number of hydrogen-bond acceptors (Lipinski definition) is 17. The van der Waals surface area contributed by atoms with E-state index < -0.39 is 127 Å². The van der Waals surface area contributed by atoms with E-state index in [9.17, 15) is 65.8 Å². The molecule has 24 atom stereocenters. The summed E-state index contributed by atoms with van der Waals surface area (Å²) in [4.78, 5) is 24.7. The van der Waals surface area contributed by atoms with Crippen molar-refractivity contribution in [2.45, 2.75) is 211 Å². The van der Waals surface area contributed by atoms with Gasteiger partial charge in [-0.05, 0) is 97.2 Å². The largest absolute Gasteiger partial charge is 0.479 e. The molecule has 3 aliphatic heterocycles. The van der Waals surface area contributed by atoms with E-state index in [2.05, 4.69) is 53.7 Å². The molecule has 19 heteroatoms. The maximum Gasteiger partial charge on any atom is 0.335 e. The molecule has 0 spiro atoms. The van der Waals surface area contributed by atoms with E-state index in [0.717, 1.165) is 25.7 Å². The maximum atomic E-state index is 12.5. The Kier molecular flexibility index (Phi) is 13.4. The van der Waals surface area contributed by atoms with Crippen molar-refractivity contribution in [3.05, 3.63) is 23.3 Å². The molecule has 0 aromatic rings. The summed E-state index contributed by atoms with van der Waals surface area (Å²) in [5, 5.41) is 118. The monoisotopic (exact) mass is 954 g/mol. The van der Waals surface area contributed by atoms with E-state index in [-0.39, 0.29) is 40.1 Å². The van der Waals surface area contributed by atoms with Gasteiger partial charge in [-0.3, -0.25) is 0 Å². The number of carboxylic acid groups (broad SMARTS) is 2. The second kappa shape index (κ2) is 17.5. The highest BCUT2D eigenvalue weighted by Gasteiger charge is 2.67. The molecular formula is C48H74O19. The number of ether oxygens (including phenoxy) is 6. The minimum absolute atomic E-state index is 0.0207. The lowest BCUT2D eigenvalue weighted by molar-refractivity contribution is -0.392. The standard InChI is InChI=1S/C48H74O19/c1-20-27(51)28(52)33(57)40(62-20)66-37-32(56)30(54)35(39(60)61)65-42(37)67-36-31(55)29(53)34(38(58)59)64-41(36)63-26-12-13-46(6)23(43(26,2)3)11-14-48(8)24(46)10-9-21-22-17-45(5,19-49)25(50)18-44(22,4)15-16-47(21,48)7/h9-10,20,22-23,25-37,40-42,49-57H,11-19H2,1-8H3,(H,58,59)(H,60,61)/t20-,22-,23-,25+,26-,27-,28+,29-,30-,31-,32-,33+,34-,35-,36+,37+,40-,41+,42-,44-,45+,46-,47+,48+/m0/s1. The summed E-state index contributed by atoms with van der Waals surface area (Å²) in [7, 11) is 0. The van der Waals surface area contributed by atoms with Gasteiger partial charge in [0.25, 0.3) is 0 Å². The van der Waals surface area contributed by atoms with Gasteiger partial charge in [0, 0.05) is 5.41 Å². The quantitative estimate of drug-likeness (QED) is 0.142. The van der Waals surface area contributed by atoms with Crippen molar-refractivity contribution in [3.63, 3.8) is 0 Å². The molecule has 0 amide bonds. The molecule has 0 unspecified atom stereocenters. The van der Waals surface area contributed by atoms with Gasteiger partial charge in [0.2, 0.25) is 0 Å². The number of aliphatic hydroxyl groups excluding tert-OH is 9. The van der Waals surface area contributed by atoms with Crippen LogP contribution in [-0.2, 0) is 38.0 Å². The fourth-order valence-corrected chi connectivity index (χ4v) is 14.4. The van der Waals surface area contributed by atoms with Crippen molar-refractivity contribution in [2.24, 2.45) is 44.3 Å². The zero-order valence-corrected chi connectivity index (χ0v) is 39.7. The molecule has 8 aliphatic rings. The van der Waals surface area contributed by atoms with Crippen molar-refractivity contribution in [1.29, 1.82) is 0 Å². The Hall–Kier alpha value is -2.18. The van der Waals surface area contributed by atoms with Crippen LogP contribution in [0, 0.1) is 44.3 Å². The molecule has 7 fully saturated rings. The number of carbonyl (C=O) groups is 2. The van der Waals surface area contributed by atoms with Crippen molar-refractivity contribution < 1.29 is 94.2 Å². The minimum Gasteiger partial charge on any atom is -0.479 e. The van der Waals surface area contributed by atoms with Gasteiger partial charge in [-0.25, -0.2) is 9.59 Å². The van der Waals surface area contributed by atoms with Crippen molar-refractivity contribution in [3.8, 4) is 0 Å². The van der Waals surface area contributed by atoms with Crippen LogP contribution in [0.15, 0.2) is 23.3 Å². The SMILES string of the molecule is C[C@@H]1O[C@@H](O[C@H]2[C@H](O[C@H]3[C@H](O[C@H]4CC[C@]5(C)C6=CC=C7[C@@H]8C[C@](C)(CO)[C@H](O)C[C@]8(C)CC[C@@]7(C)[C@]6(C)CC[C@H]5C4(C)C)O[C@H](C(=O)O)[C@@H](O)[C@@H]3O)O[C@H](C(=O)O)[C@@H](O)[C@@H]2O)[C@H](O)[C@H](O)[C@H]1O. The third-order valence-corrected chi connectivity index (χ3v) is 19.0. The van der Waals surface area contributed by atoms with E-state index in [1.165, 1.54) is 18.1 Å². The molecule has 3 saturated heterocycles. The average Bonchev–Trinajstić information content (AvgIpc) is 3.25. The first kappa shape index (κ1) is 51.2. The molecule has 8 rings (SSSR count). The molecule has 19 nitrogen and oxygen atoms in total. The number of fused-ring (bicyclic) bond motifs is 7. The van der Waals surface area contributed by atoms with E-state index in [1.807, 2.05) is 6.92 Å². The van der Waals surface area contributed by atoms with Crippen LogP contribution in [0.2, 0.25) is 0 Å². The molecular weight excluding hydrogens is 881 g/mol. The summed E-state index contributed by atoms with van der Waals surface area (Å²) in [6, 6.07) is 0. The van der Waals surface area contributed by atoms with Gasteiger partial charge in [-0.1, -0.05) is 71.8 Å². The zero-order valence-electron chi connectivity index (χ0n) is 39.7. The Morgan fingerprint density at radius 3 is 1.76 bits per heavy atom. The van der Waals surface area contributed by atoms with Crippen LogP contribution < -0.4 is 0 Å². The van der Waals surface area contributed by atoms with Crippen LogP contribution in [0.5, 0.6) is 0 Å². The lowest BCUT2D eigenvalue weighted by atomic mass is 9.36. The normalized spacial score (nSPS) is 54.0. The number of allylic oxidation sites excluding steroid dienone is 4. The maximum absolute atomic E-state index is 12.5. The predicted octanol–water partition coefficient (Wildman–Crippen LogP) is 0.717. The van der Waals surface area contributed by atoms with Crippen molar-refractivity contribution in [2.75, 3.05) is 6.61 Å². The highest BCUT2D eigenvalue weighted by atomic mass is 16.8. The summed E-state index contributed by atoms with van der Waals surface area (Å²) in [5.74, 6) is -3.11. The van der Waals surface area contributed by atoms with E-state index in [0.29, 0.717) is 25.7 Å². The number of rotatable bonds is 9. The van der Waals surface area contributed by atoms with Gasteiger partial charge in [0.1, 0.15) is 54.9 Å². The van der Waals surface area contributed by atoms with Gasteiger partial charge < -0.3 is 84.6 Å². The zero-order chi connectivity index (χ0) is 49.3. The molecule has 5 aliphatic carbocycles. The molecule has 4 saturated carbocycles. The smallest absolute Gasteiger partial charge is 0.335 e. The second-order valence-corrected chi connectivity index (χ2v) is 23.2. The Bertz CT molecular complexity index is 1960. The van der Waals surface area contributed by atoms with Crippen LogP contribution in [0.25, 0.3) is 0 Å². The minimum atomic E-state index is -2.14. The van der Waals surface area contributed by atoms with Gasteiger partial charge >= 0.3 is 11.9 Å². The third-order valence-electron chi connectivity index (χ3n) is 19.0. The fourth-order valence-electron chi connectivity index (χ4n) is 14.4. The van der Waals surface area contributed by atoms with E-state index in [1.54, 1.807) is 0 Å². The molecule has 380 valence electrons. The van der Waals surface area contributed by atoms with Gasteiger partial charge in [0.05, 0.1) is 24.9 Å². The molecule has 67 heavy (non-hydrogen) atoms. The summed E-state index contributed by atoms with van der Waals surface area (Å²) < 4.78 is 35.7. The number of carboxylic acids is 2. The first-order valence-corrected chi connectivity index (χ1v) is 24.0. The van der Waals surface area contributed by atoms with Gasteiger partial charge in [-0.15, -0.1) is 0 Å². The van der Waals surface area contributed by atoms with Crippen LogP contribution in [0.1, 0.15) is 107 Å². The van der Waals surface area contributed by atoms with E-state index in [4.69, 9.17) is 28.4 Å². The van der Waals surface area contributed by atoms with Crippen LogP contribution in [-0.4, -0.2) is 179 Å². The van der Waals surface area contributed by atoms with Crippen molar-refractivity contribution >= 4 is 11.9 Å². The van der Waals surface area contributed by atoms with Gasteiger partial charge in [0.15, 0.2) is 31.1 Å². The van der Waals surface area contributed by atoms with Crippen LogP contribution in [0.3, 0.4) is 0 Å². The lowest BCUT2D eigenvalue weighted by Gasteiger charge is -2.69. The molecule has 0 aromatic carbocycles. The summed E-state index contributed by atoms with van der Waals surface area (Å²) in [6.07, 6.45) is -18.9. The molecule has 0 radical (unpaired) electrons. The predicted molar refractivity (Wildman–Crippen MR) is 231 cm³/mol. The first-order chi connectivity index (χ1) is 31.1. The summed E-state index contributed by atoms with van der Waals surface area (Å²) in [5.41, 5.74) is 0.710. The van der Waals surface area contributed by atoms with Crippen LogP contribution >= 0.6 is 0 Å². The summed E-state index contributed by atoms with van der Waals surface area (Å²) in [6.45, 7) is 16.8. The Morgan fingerprint density at radius 1 is 0.627 bits per heavy atom. The van der Waals surface area contributed by atoms with Crippen molar-refractivity contribution in [1.82, 2.24) is 0 Å². The molecule has 0 aromatic heterocycles. The molecule has 11 N–H and O–H groups in total. The Balaban J connectivity index is 1.08. The molecule has 0 bridgehead atoms.